The zero-order chi connectivity index (χ0) is 19.2. The Bertz CT molecular complexity index is 980. The first-order chi connectivity index (χ1) is 13.0. The molecule has 27 heavy (non-hydrogen) atoms. The van der Waals surface area contributed by atoms with E-state index in [1.807, 2.05) is 13.0 Å². The van der Waals surface area contributed by atoms with Gasteiger partial charge in [-0.3, -0.25) is 9.78 Å². The van der Waals surface area contributed by atoms with Crippen molar-refractivity contribution in [1.82, 2.24) is 4.98 Å². The first kappa shape index (κ1) is 18.1. The number of amides is 1. The van der Waals surface area contributed by atoms with Crippen molar-refractivity contribution in [1.29, 1.82) is 5.26 Å². The van der Waals surface area contributed by atoms with E-state index < -0.39 is 0 Å². The number of benzene rings is 2. The number of rotatable bonds is 5. The third kappa shape index (κ3) is 4.67. The van der Waals surface area contributed by atoms with Crippen molar-refractivity contribution in [3.8, 4) is 11.8 Å². The Labute approximate surface area is 156 Å². The smallest absolute Gasteiger partial charge is 0.257 e. The van der Waals surface area contributed by atoms with E-state index in [0.717, 1.165) is 5.56 Å². The molecule has 0 aliphatic heterocycles. The van der Waals surface area contributed by atoms with Gasteiger partial charge < -0.3 is 10.1 Å². The number of carbonyl (C=O) groups is 1. The van der Waals surface area contributed by atoms with Gasteiger partial charge in [-0.2, -0.15) is 5.26 Å². The monoisotopic (exact) mass is 361 g/mol. The molecule has 1 amide bonds. The Hall–Kier alpha value is -3.72. The van der Waals surface area contributed by atoms with E-state index in [4.69, 9.17) is 10.00 Å². The van der Waals surface area contributed by atoms with Gasteiger partial charge in [0.05, 0.1) is 23.4 Å². The minimum absolute atomic E-state index is 0.311. The highest BCUT2D eigenvalue weighted by atomic mass is 19.1. The van der Waals surface area contributed by atoms with Crippen LogP contribution in [0.5, 0.6) is 5.75 Å². The third-order valence-corrected chi connectivity index (χ3v) is 3.90. The van der Waals surface area contributed by atoms with Crippen molar-refractivity contribution in [3.05, 3.63) is 89.5 Å². The molecule has 1 N–H and O–H groups in total. The Morgan fingerprint density at radius 2 is 1.85 bits per heavy atom. The molecular weight excluding hydrogens is 345 g/mol. The highest BCUT2D eigenvalue weighted by Crippen LogP contribution is 2.22. The Kier molecular flexibility index (Phi) is 5.43. The van der Waals surface area contributed by atoms with Gasteiger partial charge in [0.15, 0.2) is 0 Å². The molecule has 0 unspecified atom stereocenters. The van der Waals surface area contributed by atoms with Gasteiger partial charge in [0.2, 0.25) is 0 Å². The molecule has 6 heteroatoms. The van der Waals surface area contributed by atoms with Crippen LogP contribution >= 0.6 is 0 Å². The number of carbonyl (C=O) groups excluding carboxylic acids is 1. The molecule has 0 saturated carbocycles. The summed E-state index contributed by atoms with van der Waals surface area (Å²) < 4.78 is 18.8. The fourth-order valence-electron chi connectivity index (χ4n) is 2.44. The number of halogens is 1. The number of ether oxygens (including phenoxy) is 1. The third-order valence-electron chi connectivity index (χ3n) is 3.90. The summed E-state index contributed by atoms with van der Waals surface area (Å²) in [5.74, 6) is -0.222. The van der Waals surface area contributed by atoms with Crippen molar-refractivity contribution in [3.63, 3.8) is 0 Å². The summed E-state index contributed by atoms with van der Waals surface area (Å²) in [4.78, 5) is 16.4. The number of nitrogens with one attached hydrogen (secondary N) is 1. The molecule has 1 heterocycles. The predicted molar refractivity (Wildman–Crippen MR) is 98.8 cm³/mol. The standard InChI is InChI=1S/C21H16FN3O2/c1-14(16-4-6-18(22)7-5-16)27-20-10-17(12-24-13-20)21(26)25-19-8-2-15(11-23)3-9-19/h2-10,12-14H,1H3,(H,25,26)/t14-/m0/s1. The lowest BCUT2D eigenvalue weighted by molar-refractivity contribution is 0.102. The molecule has 3 rings (SSSR count). The van der Waals surface area contributed by atoms with Gasteiger partial charge in [0, 0.05) is 11.9 Å². The number of anilines is 1. The van der Waals surface area contributed by atoms with E-state index in [-0.39, 0.29) is 17.8 Å². The highest BCUT2D eigenvalue weighted by molar-refractivity contribution is 6.04. The molecule has 134 valence electrons. The van der Waals surface area contributed by atoms with E-state index >= 15 is 0 Å². The molecule has 0 spiro atoms. The van der Waals surface area contributed by atoms with Gasteiger partial charge in [0.1, 0.15) is 17.7 Å². The lowest BCUT2D eigenvalue weighted by Gasteiger charge is -2.15. The van der Waals surface area contributed by atoms with Crippen LogP contribution < -0.4 is 10.1 Å². The van der Waals surface area contributed by atoms with Crippen LogP contribution in [0.1, 0.15) is 34.5 Å². The average Bonchev–Trinajstić information content (AvgIpc) is 2.69. The van der Waals surface area contributed by atoms with E-state index in [2.05, 4.69) is 10.3 Å². The number of aromatic nitrogens is 1. The molecule has 0 bridgehead atoms. The van der Waals surface area contributed by atoms with Crippen molar-refractivity contribution in [2.24, 2.45) is 0 Å². The van der Waals surface area contributed by atoms with E-state index in [1.54, 1.807) is 42.5 Å². The van der Waals surface area contributed by atoms with Crippen LogP contribution in [0.4, 0.5) is 10.1 Å². The highest BCUT2D eigenvalue weighted by Gasteiger charge is 2.11. The minimum Gasteiger partial charge on any atom is -0.484 e. The zero-order valence-electron chi connectivity index (χ0n) is 14.5. The van der Waals surface area contributed by atoms with Crippen molar-refractivity contribution in [2.75, 3.05) is 5.32 Å². The lowest BCUT2D eigenvalue weighted by atomic mass is 10.1. The van der Waals surface area contributed by atoms with Gasteiger partial charge in [-0.25, -0.2) is 4.39 Å². The number of nitrogens with zero attached hydrogens (tertiary/aromatic N) is 2. The van der Waals surface area contributed by atoms with Crippen molar-refractivity contribution in [2.45, 2.75) is 13.0 Å². The van der Waals surface area contributed by atoms with Gasteiger partial charge in [-0.05, 0) is 55.0 Å². The van der Waals surface area contributed by atoms with Crippen molar-refractivity contribution >= 4 is 11.6 Å². The second-order valence-corrected chi connectivity index (χ2v) is 5.86. The molecule has 2 aromatic carbocycles. The maximum Gasteiger partial charge on any atom is 0.257 e. The molecule has 0 radical (unpaired) electrons. The van der Waals surface area contributed by atoms with Gasteiger partial charge in [-0.15, -0.1) is 0 Å². The van der Waals surface area contributed by atoms with Gasteiger partial charge in [0.25, 0.3) is 5.91 Å². The second-order valence-electron chi connectivity index (χ2n) is 5.86. The summed E-state index contributed by atoms with van der Waals surface area (Å²) in [6.07, 6.45) is 2.62. The summed E-state index contributed by atoms with van der Waals surface area (Å²) >= 11 is 0. The SMILES string of the molecule is C[C@H](Oc1cncc(C(=O)Nc2ccc(C#N)cc2)c1)c1ccc(F)cc1. The summed E-state index contributed by atoms with van der Waals surface area (Å²) in [5.41, 5.74) is 2.23. The number of nitriles is 1. The normalized spacial score (nSPS) is 11.3. The maximum atomic E-state index is 13.0. The fraction of sp³-hybridized carbons (Fsp3) is 0.0952. The number of hydrogen-bond acceptors (Lipinski definition) is 4. The van der Waals surface area contributed by atoms with Crippen LogP contribution in [0, 0.1) is 17.1 Å². The van der Waals surface area contributed by atoms with Crippen LogP contribution in [0.25, 0.3) is 0 Å². The zero-order valence-corrected chi connectivity index (χ0v) is 14.5. The van der Waals surface area contributed by atoms with Gasteiger partial charge in [-0.1, -0.05) is 12.1 Å². The number of pyridine rings is 1. The summed E-state index contributed by atoms with van der Waals surface area (Å²) in [6.45, 7) is 1.83. The van der Waals surface area contributed by atoms with Gasteiger partial charge >= 0.3 is 0 Å². The lowest BCUT2D eigenvalue weighted by Crippen LogP contribution is -2.12. The summed E-state index contributed by atoms with van der Waals surface area (Å²) in [7, 11) is 0. The van der Waals surface area contributed by atoms with Crippen LogP contribution in [-0.4, -0.2) is 10.9 Å². The Balaban J connectivity index is 1.69. The quantitative estimate of drug-likeness (QED) is 0.727. The molecule has 1 atom stereocenters. The molecular formula is C21H16FN3O2. The van der Waals surface area contributed by atoms with Crippen LogP contribution in [0.2, 0.25) is 0 Å². The second kappa shape index (κ2) is 8.11. The van der Waals surface area contributed by atoms with E-state index in [9.17, 15) is 9.18 Å². The summed E-state index contributed by atoms with van der Waals surface area (Å²) in [6, 6.07) is 16.2. The largest absolute Gasteiger partial charge is 0.484 e. The first-order valence-corrected chi connectivity index (χ1v) is 8.24. The molecule has 0 aliphatic carbocycles. The molecule has 5 nitrogen and oxygen atoms in total. The minimum atomic E-state index is -0.341. The topological polar surface area (TPSA) is 75.0 Å². The Morgan fingerprint density at radius 3 is 2.52 bits per heavy atom. The predicted octanol–water partition coefficient (Wildman–Crippen LogP) is 4.48. The van der Waals surface area contributed by atoms with E-state index in [0.29, 0.717) is 22.6 Å². The van der Waals surface area contributed by atoms with Crippen LogP contribution in [0.15, 0.2) is 67.0 Å². The van der Waals surface area contributed by atoms with Crippen LogP contribution in [0.3, 0.4) is 0 Å². The fourth-order valence-corrected chi connectivity index (χ4v) is 2.44. The maximum absolute atomic E-state index is 13.0. The average molecular weight is 361 g/mol. The van der Waals surface area contributed by atoms with Crippen LogP contribution in [-0.2, 0) is 0 Å². The Morgan fingerprint density at radius 1 is 1.15 bits per heavy atom. The van der Waals surface area contributed by atoms with E-state index in [1.165, 1.54) is 24.5 Å². The molecule has 0 aliphatic rings. The van der Waals surface area contributed by atoms with Crippen molar-refractivity contribution < 1.29 is 13.9 Å². The first-order valence-electron chi connectivity index (χ1n) is 8.24. The molecule has 1 aromatic heterocycles. The molecule has 0 fully saturated rings. The summed E-state index contributed by atoms with van der Waals surface area (Å²) in [5, 5.41) is 11.6. The molecule has 0 saturated heterocycles. The number of hydrogen-bond donors (Lipinski definition) is 1. The molecule has 3 aromatic rings.